The maximum Gasteiger partial charge on any atom is 0.238 e. The molecule has 128 valence electrons. The Morgan fingerprint density at radius 2 is 1.91 bits per heavy atom. The molecule has 2 saturated heterocycles. The lowest BCUT2D eigenvalue weighted by Crippen LogP contribution is -2.52. The van der Waals surface area contributed by atoms with Gasteiger partial charge in [-0.25, -0.2) is 0 Å². The van der Waals surface area contributed by atoms with Crippen molar-refractivity contribution in [2.75, 3.05) is 51.1 Å². The number of anilines is 1. The minimum Gasteiger partial charge on any atom is -0.325 e. The number of benzene rings is 1. The Hall–Kier alpha value is -1.14. The Kier molecular flexibility index (Phi) is 6.84. The summed E-state index contributed by atoms with van der Waals surface area (Å²) in [5.74, 6) is 0.0832. The van der Waals surface area contributed by atoms with E-state index in [1.165, 1.54) is 12.0 Å². The zero-order chi connectivity index (χ0) is 15.4. The van der Waals surface area contributed by atoms with Crippen molar-refractivity contribution < 1.29 is 4.79 Å². The van der Waals surface area contributed by atoms with Crippen LogP contribution in [0.2, 0.25) is 0 Å². The fourth-order valence-corrected chi connectivity index (χ4v) is 3.28. The Balaban J connectivity index is 0.00000192. The summed E-state index contributed by atoms with van der Waals surface area (Å²) in [5, 5.41) is 6.40. The lowest BCUT2D eigenvalue weighted by atomic mass is 10.2. The average molecular weight is 339 g/mol. The Morgan fingerprint density at radius 1 is 1.22 bits per heavy atom. The van der Waals surface area contributed by atoms with Gasteiger partial charge in [-0.2, -0.15) is 0 Å². The first-order chi connectivity index (χ1) is 10.7. The lowest BCUT2D eigenvalue weighted by molar-refractivity contribution is -0.117. The summed E-state index contributed by atoms with van der Waals surface area (Å²) in [5.41, 5.74) is 2.08. The standard InChI is InChI=1S/C17H26N4O.ClH/c1-14-2-4-15(5-3-14)19-17(22)13-20-8-10-21(11-9-20)16-6-7-18-12-16;/h2-5,16,18H,6-13H2,1H3,(H,19,22);1H. The smallest absolute Gasteiger partial charge is 0.238 e. The van der Waals surface area contributed by atoms with Gasteiger partial charge in [0.25, 0.3) is 0 Å². The first-order valence-electron chi connectivity index (χ1n) is 8.24. The molecular weight excluding hydrogens is 312 g/mol. The Labute approximate surface area is 144 Å². The topological polar surface area (TPSA) is 47.6 Å². The van der Waals surface area contributed by atoms with Crippen LogP contribution in [0.3, 0.4) is 0 Å². The van der Waals surface area contributed by atoms with Crippen molar-refractivity contribution in [1.29, 1.82) is 0 Å². The highest BCUT2D eigenvalue weighted by Gasteiger charge is 2.26. The summed E-state index contributed by atoms with van der Waals surface area (Å²) in [6.07, 6.45) is 1.26. The molecule has 1 amide bonds. The van der Waals surface area contributed by atoms with Gasteiger partial charge >= 0.3 is 0 Å². The molecule has 2 aliphatic heterocycles. The van der Waals surface area contributed by atoms with E-state index in [0.29, 0.717) is 12.6 Å². The summed E-state index contributed by atoms with van der Waals surface area (Å²) in [6.45, 7) is 8.91. The van der Waals surface area contributed by atoms with Crippen LogP contribution in [-0.2, 0) is 4.79 Å². The van der Waals surface area contributed by atoms with Gasteiger partial charge in [0.2, 0.25) is 5.91 Å². The largest absolute Gasteiger partial charge is 0.325 e. The number of piperazine rings is 1. The molecule has 1 aromatic rings. The predicted molar refractivity (Wildman–Crippen MR) is 96.3 cm³/mol. The number of hydrogen-bond donors (Lipinski definition) is 2. The third-order valence-corrected chi connectivity index (χ3v) is 4.66. The Bertz CT molecular complexity index is 494. The summed E-state index contributed by atoms with van der Waals surface area (Å²) >= 11 is 0. The summed E-state index contributed by atoms with van der Waals surface area (Å²) < 4.78 is 0. The molecule has 0 aromatic heterocycles. The fourth-order valence-electron chi connectivity index (χ4n) is 3.28. The van der Waals surface area contributed by atoms with Crippen LogP contribution in [0.4, 0.5) is 5.69 Å². The molecule has 0 saturated carbocycles. The van der Waals surface area contributed by atoms with Gasteiger partial charge in [0.05, 0.1) is 6.54 Å². The van der Waals surface area contributed by atoms with Crippen LogP contribution in [0, 0.1) is 6.92 Å². The van der Waals surface area contributed by atoms with Crippen LogP contribution in [0.1, 0.15) is 12.0 Å². The highest BCUT2D eigenvalue weighted by molar-refractivity contribution is 5.92. The van der Waals surface area contributed by atoms with Crippen LogP contribution in [0.5, 0.6) is 0 Å². The molecule has 1 unspecified atom stereocenters. The van der Waals surface area contributed by atoms with Crippen molar-refractivity contribution >= 4 is 24.0 Å². The van der Waals surface area contributed by atoms with E-state index < -0.39 is 0 Å². The van der Waals surface area contributed by atoms with E-state index in [2.05, 4.69) is 20.4 Å². The molecule has 0 aliphatic carbocycles. The van der Waals surface area contributed by atoms with Crippen LogP contribution in [0.15, 0.2) is 24.3 Å². The van der Waals surface area contributed by atoms with Crippen LogP contribution in [-0.4, -0.2) is 67.6 Å². The number of nitrogens with one attached hydrogen (secondary N) is 2. The molecule has 5 nitrogen and oxygen atoms in total. The van der Waals surface area contributed by atoms with E-state index in [1.807, 2.05) is 31.2 Å². The van der Waals surface area contributed by atoms with Gasteiger partial charge in [0.15, 0.2) is 0 Å². The Morgan fingerprint density at radius 3 is 2.52 bits per heavy atom. The number of amides is 1. The summed E-state index contributed by atoms with van der Waals surface area (Å²) in [6, 6.07) is 8.65. The molecule has 2 fully saturated rings. The van der Waals surface area contributed by atoms with Crippen molar-refractivity contribution in [2.24, 2.45) is 0 Å². The van der Waals surface area contributed by atoms with E-state index in [1.54, 1.807) is 0 Å². The van der Waals surface area contributed by atoms with E-state index in [4.69, 9.17) is 0 Å². The molecule has 0 bridgehead atoms. The zero-order valence-electron chi connectivity index (χ0n) is 13.8. The third-order valence-electron chi connectivity index (χ3n) is 4.66. The van der Waals surface area contributed by atoms with Crippen LogP contribution in [0.25, 0.3) is 0 Å². The lowest BCUT2D eigenvalue weighted by Gasteiger charge is -2.37. The number of hydrogen-bond acceptors (Lipinski definition) is 4. The third kappa shape index (κ3) is 5.18. The minimum absolute atomic E-state index is 0. The molecule has 2 aliphatic rings. The van der Waals surface area contributed by atoms with Crippen LogP contribution < -0.4 is 10.6 Å². The minimum atomic E-state index is 0. The molecule has 2 heterocycles. The number of nitrogens with zero attached hydrogens (tertiary/aromatic N) is 2. The van der Waals surface area contributed by atoms with Gasteiger partial charge in [-0.05, 0) is 32.0 Å². The van der Waals surface area contributed by atoms with Gasteiger partial charge in [0.1, 0.15) is 0 Å². The van der Waals surface area contributed by atoms with Crippen molar-refractivity contribution in [1.82, 2.24) is 15.1 Å². The maximum atomic E-state index is 12.1. The zero-order valence-corrected chi connectivity index (χ0v) is 14.6. The van der Waals surface area contributed by atoms with Gasteiger partial charge in [-0.1, -0.05) is 17.7 Å². The second kappa shape index (κ2) is 8.64. The second-order valence-electron chi connectivity index (χ2n) is 6.37. The molecular formula is C17H27ClN4O. The SMILES string of the molecule is Cc1ccc(NC(=O)CN2CCN(C3CCNC3)CC2)cc1.Cl. The predicted octanol–water partition coefficient (Wildman–Crippen LogP) is 1.33. The van der Waals surface area contributed by atoms with Crippen LogP contribution >= 0.6 is 12.4 Å². The summed E-state index contributed by atoms with van der Waals surface area (Å²) in [4.78, 5) is 16.9. The molecule has 2 N–H and O–H groups in total. The first kappa shape index (κ1) is 18.2. The van der Waals surface area contributed by atoms with E-state index in [0.717, 1.165) is 45.0 Å². The first-order valence-corrected chi connectivity index (χ1v) is 8.24. The number of carbonyl (C=O) groups is 1. The molecule has 0 spiro atoms. The van der Waals surface area contributed by atoms with Gasteiger partial charge < -0.3 is 10.6 Å². The molecule has 1 aromatic carbocycles. The van der Waals surface area contributed by atoms with Crippen molar-refractivity contribution in [3.8, 4) is 0 Å². The van der Waals surface area contributed by atoms with Crippen molar-refractivity contribution in [3.63, 3.8) is 0 Å². The van der Waals surface area contributed by atoms with Crippen molar-refractivity contribution in [2.45, 2.75) is 19.4 Å². The van der Waals surface area contributed by atoms with E-state index in [-0.39, 0.29) is 18.3 Å². The fraction of sp³-hybridized carbons (Fsp3) is 0.588. The van der Waals surface area contributed by atoms with E-state index in [9.17, 15) is 4.79 Å². The summed E-state index contributed by atoms with van der Waals surface area (Å²) in [7, 11) is 0. The normalized spacial score (nSPS) is 22.6. The molecule has 6 heteroatoms. The second-order valence-corrected chi connectivity index (χ2v) is 6.37. The quantitative estimate of drug-likeness (QED) is 0.869. The molecule has 1 atom stereocenters. The highest BCUT2D eigenvalue weighted by atomic mass is 35.5. The maximum absolute atomic E-state index is 12.1. The number of aryl methyl sites for hydroxylation is 1. The number of carbonyl (C=O) groups excluding carboxylic acids is 1. The molecule has 3 rings (SSSR count). The van der Waals surface area contributed by atoms with Gasteiger partial charge in [-0.15, -0.1) is 12.4 Å². The molecule has 23 heavy (non-hydrogen) atoms. The highest BCUT2D eigenvalue weighted by Crippen LogP contribution is 2.12. The van der Waals surface area contributed by atoms with Crippen molar-refractivity contribution in [3.05, 3.63) is 29.8 Å². The monoisotopic (exact) mass is 338 g/mol. The van der Waals surface area contributed by atoms with Gasteiger partial charge in [-0.3, -0.25) is 14.6 Å². The molecule has 0 radical (unpaired) electrons. The van der Waals surface area contributed by atoms with Gasteiger partial charge in [0, 0.05) is 44.5 Å². The average Bonchev–Trinajstić information content (AvgIpc) is 3.05. The number of halogens is 1. The van der Waals surface area contributed by atoms with E-state index >= 15 is 0 Å². The number of rotatable bonds is 4.